The van der Waals surface area contributed by atoms with Crippen LogP contribution in [0.2, 0.25) is 0 Å². The van der Waals surface area contributed by atoms with Crippen molar-refractivity contribution in [2.24, 2.45) is 0 Å². The highest BCUT2D eigenvalue weighted by atomic mass is 19.2. The van der Waals surface area contributed by atoms with Crippen molar-refractivity contribution in [1.82, 2.24) is 15.8 Å². The fourth-order valence-electron chi connectivity index (χ4n) is 3.50. The maximum Gasteiger partial charge on any atom is 0.256 e. The van der Waals surface area contributed by atoms with E-state index >= 15 is 0 Å². The van der Waals surface area contributed by atoms with E-state index in [0.29, 0.717) is 17.0 Å². The van der Waals surface area contributed by atoms with E-state index in [4.69, 9.17) is 0 Å². The molecule has 5 N–H and O–H groups in total. The van der Waals surface area contributed by atoms with Crippen LogP contribution in [-0.2, 0) is 14.4 Å². The Balaban J connectivity index is 1.82. The molecular weight excluding hydrogens is 426 g/mol. The van der Waals surface area contributed by atoms with Gasteiger partial charge in [0.15, 0.2) is 11.6 Å². The summed E-state index contributed by atoms with van der Waals surface area (Å²) in [5.74, 6) is -3.88. The standard InChI is InChI=1S/C21H22F2N4O5/c1-9-15(7-12-18-14(26-20(12)30)5-4-13(22)19(18)23)25-10(2)17(9)21(31)24-8-11(28)6-16(29)27-32-3/h4-5,7,11,25,28H,6,8H2,1-3H3,(H,24,31)(H,26,30)(H,27,29)/b12-7-. The summed E-state index contributed by atoms with van der Waals surface area (Å²) >= 11 is 0. The Kier molecular flexibility index (Phi) is 6.70. The molecule has 3 rings (SSSR count). The number of fused-ring (bicyclic) bond motifs is 1. The molecule has 1 aromatic carbocycles. The zero-order valence-electron chi connectivity index (χ0n) is 17.6. The largest absolute Gasteiger partial charge is 0.391 e. The number of aliphatic hydroxyl groups excluding tert-OH is 1. The number of carbonyl (C=O) groups excluding carboxylic acids is 3. The van der Waals surface area contributed by atoms with Gasteiger partial charge >= 0.3 is 0 Å². The number of aromatic amines is 1. The molecule has 0 aliphatic carbocycles. The second-order valence-corrected chi connectivity index (χ2v) is 7.26. The maximum absolute atomic E-state index is 14.3. The Morgan fingerprint density at radius 3 is 2.69 bits per heavy atom. The van der Waals surface area contributed by atoms with Crippen LogP contribution in [0.25, 0.3) is 11.6 Å². The van der Waals surface area contributed by atoms with Crippen LogP contribution in [0.1, 0.15) is 39.3 Å². The molecule has 0 bridgehead atoms. The van der Waals surface area contributed by atoms with Gasteiger partial charge in [-0.1, -0.05) is 0 Å². The number of benzene rings is 1. The number of amides is 3. The van der Waals surface area contributed by atoms with Crippen molar-refractivity contribution < 1.29 is 33.1 Å². The number of hydroxylamine groups is 1. The van der Waals surface area contributed by atoms with E-state index in [0.717, 1.165) is 6.07 Å². The van der Waals surface area contributed by atoms with E-state index in [-0.39, 0.29) is 35.4 Å². The molecule has 0 saturated heterocycles. The molecule has 2 aromatic rings. The minimum absolute atomic E-state index is 0.0760. The van der Waals surface area contributed by atoms with Crippen molar-refractivity contribution in [3.63, 3.8) is 0 Å². The van der Waals surface area contributed by atoms with Gasteiger partial charge in [-0.3, -0.25) is 19.2 Å². The fraction of sp³-hybridized carbons (Fsp3) is 0.286. The number of aryl methyl sites for hydroxylation is 1. The normalized spacial score (nSPS) is 14.8. The lowest BCUT2D eigenvalue weighted by molar-refractivity contribution is -0.133. The number of nitrogens with one attached hydrogen (secondary N) is 4. The van der Waals surface area contributed by atoms with Crippen LogP contribution in [0.15, 0.2) is 12.1 Å². The first-order valence-corrected chi connectivity index (χ1v) is 9.62. The summed E-state index contributed by atoms with van der Waals surface area (Å²) in [6.45, 7) is 3.08. The topological polar surface area (TPSA) is 133 Å². The van der Waals surface area contributed by atoms with Gasteiger partial charge in [0.05, 0.1) is 36.5 Å². The van der Waals surface area contributed by atoms with E-state index < -0.39 is 35.5 Å². The van der Waals surface area contributed by atoms with Gasteiger partial charge in [-0.25, -0.2) is 14.3 Å². The molecule has 0 saturated carbocycles. The van der Waals surface area contributed by atoms with E-state index in [1.807, 2.05) is 0 Å². The smallest absolute Gasteiger partial charge is 0.256 e. The summed E-state index contributed by atoms with van der Waals surface area (Å²) < 4.78 is 28.0. The Labute approximate surface area is 181 Å². The number of H-pyrrole nitrogens is 1. The quantitative estimate of drug-likeness (QED) is 0.324. The molecule has 170 valence electrons. The number of rotatable bonds is 7. The highest BCUT2D eigenvalue weighted by Gasteiger charge is 2.30. The molecule has 11 heteroatoms. The van der Waals surface area contributed by atoms with Crippen LogP contribution in [0.4, 0.5) is 14.5 Å². The number of carbonyl (C=O) groups is 3. The molecule has 9 nitrogen and oxygen atoms in total. The van der Waals surface area contributed by atoms with Crippen LogP contribution < -0.4 is 16.1 Å². The summed E-state index contributed by atoms with van der Waals surface area (Å²) in [6.07, 6.45) is -0.0493. The average molecular weight is 448 g/mol. The summed E-state index contributed by atoms with van der Waals surface area (Å²) in [5, 5.41) is 14.9. The van der Waals surface area contributed by atoms with Gasteiger partial charge in [0, 0.05) is 23.5 Å². The van der Waals surface area contributed by atoms with Crippen molar-refractivity contribution in [3.05, 3.63) is 51.8 Å². The van der Waals surface area contributed by atoms with E-state index in [2.05, 4.69) is 25.9 Å². The van der Waals surface area contributed by atoms with E-state index in [1.54, 1.807) is 13.8 Å². The van der Waals surface area contributed by atoms with Gasteiger partial charge in [-0.05, 0) is 37.6 Å². The molecule has 1 aromatic heterocycles. The molecule has 32 heavy (non-hydrogen) atoms. The molecule has 1 atom stereocenters. The summed E-state index contributed by atoms with van der Waals surface area (Å²) in [6, 6.07) is 2.20. The van der Waals surface area contributed by atoms with Gasteiger partial charge in [0.2, 0.25) is 5.91 Å². The van der Waals surface area contributed by atoms with E-state index in [9.17, 15) is 28.3 Å². The molecular formula is C21H22F2N4O5. The van der Waals surface area contributed by atoms with Crippen LogP contribution in [-0.4, -0.2) is 47.6 Å². The van der Waals surface area contributed by atoms with Gasteiger partial charge in [0.1, 0.15) is 0 Å². The lowest BCUT2D eigenvalue weighted by Gasteiger charge is -2.11. The Bertz CT molecular complexity index is 1130. The van der Waals surface area contributed by atoms with Gasteiger partial charge < -0.3 is 20.7 Å². The van der Waals surface area contributed by atoms with Crippen LogP contribution in [0, 0.1) is 25.5 Å². The molecule has 0 spiro atoms. The molecule has 0 fully saturated rings. The first-order valence-electron chi connectivity index (χ1n) is 9.62. The highest BCUT2D eigenvalue weighted by Crippen LogP contribution is 2.36. The Hall–Kier alpha value is -3.57. The number of hydrogen-bond acceptors (Lipinski definition) is 5. The molecule has 1 aliphatic rings. The lowest BCUT2D eigenvalue weighted by atomic mass is 10.0. The predicted octanol–water partition coefficient (Wildman–Crippen LogP) is 1.56. The summed E-state index contributed by atoms with van der Waals surface area (Å²) in [4.78, 5) is 43.8. The minimum Gasteiger partial charge on any atom is -0.391 e. The first-order chi connectivity index (χ1) is 15.1. The molecule has 1 aliphatic heterocycles. The highest BCUT2D eigenvalue weighted by molar-refractivity contribution is 6.35. The van der Waals surface area contributed by atoms with Crippen molar-refractivity contribution in [1.29, 1.82) is 0 Å². The minimum atomic E-state index is -1.14. The molecule has 3 amide bonds. The predicted molar refractivity (Wildman–Crippen MR) is 111 cm³/mol. The van der Waals surface area contributed by atoms with Crippen molar-refractivity contribution in [2.45, 2.75) is 26.4 Å². The van der Waals surface area contributed by atoms with Crippen LogP contribution >= 0.6 is 0 Å². The fourth-order valence-corrected chi connectivity index (χ4v) is 3.50. The third kappa shape index (κ3) is 4.53. The van der Waals surface area contributed by atoms with Crippen molar-refractivity contribution >= 4 is 35.1 Å². The molecule has 0 radical (unpaired) electrons. The monoisotopic (exact) mass is 448 g/mol. The number of aromatic nitrogens is 1. The number of hydrogen-bond donors (Lipinski definition) is 5. The number of aliphatic hydroxyl groups is 1. The summed E-state index contributed by atoms with van der Waals surface area (Å²) in [5.41, 5.74) is 3.55. The Morgan fingerprint density at radius 2 is 2.00 bits per heavy atom. The summed E-state index contributed by atoms with van der Waals surface area (Å²) in [7, 11) is 1.26. The van der Waals surface area contributed by atoms with Gasteiger partial charge in [-0.15, -0.1) is 0 Å². The molecule has 1 unspecified atom stereocenters. The van der Waals surface area contributed by atoms with E-state index in [1.165, 1.54) is 19.3 Å². The average Bonchev–Trinajstić information content (AvgIpc) is 3.19. The van der Waals surface area contributed by atoms with Crippen LogP contribution in [0.5, 0.6) is 0 Å². The molecule has 2 heterocycles. The zero-order chi connectivity index (χ0) is 23.6. The third-order valence-corrected chi connectivity index (χ3v) is 4.98. The SMILES string of the molecule is CONC(=O)CC(O)CNC(=O)c1c(C)[nH]c(/C=C2\C(=O)Nc3ccc(F)c(F)c32)c1C. The number of halogens is 2. The number of anilines is 1. The second kappa shape index (κ2) is 9.28. The van der Waals surface area contributed by atoms with Gasteiger partial charge in [-0.2, -0.15) is 0 Å². The lowest BCUT2D eigenvalue weighted by Crippen LogP contribution is -2.36. The Morgan fingerprint density at radius 1 is 1.28 bits per heavy atom. The zero-order valence-corrected chi connectivity index (χ0v) is 17.6. The van der Waals surface area contributed by atoms with Crippen LogP contribution in [0.3, 0.4) is 0 Å². The maximum atomic E-state index is 14.3. The second-order valence-electron chi connectivity index (χ2n) is 7.26. The van der Waals surface area contributed by atoms with Crippen molar-refractivity contribution in [3.8, 4) is 0 Å². The first kappa shape index (κ1) is 23.1. The third-order valence-electron chi connectivity index (χ3n) is 4.98. The van der Waals surface area contributed by atoms with Gasteiger partial charge in [0.25, 0.3) is 11.8 Å². The van der Waals surface area contributed by atoms with Crippen molar-refractivity contribution in [2.75, 3.05) is 19.0 Å².